The lowest BCUT2D eigenvalue weighted by atomic mass is 10.1. The Morgan fingerprint density at radius 3 is 2.50 bits per heavy atom. The van der Waals surface area contributed by atoms with Crippen LogP contribution in [0.15, 0.2) is 29.2 Å². The highest BCUT2D eigenvalue weighted by Crippen LogP contribution is 2.44. The van der Waals surface area contributed by atoms with Gasteiger partial charge in [-0.3, -0.25) is 23.8 Å². The molecule has 0 aromatic heterocycles. The predicted octanol–water partition coefficient (Wildman–Crippen LogP) is 1.04. The fraction of sp³-hybridized carbons (Fsp3) is 0.200. The van der Waals surface area contributed by atoms with Crippen LogP contribution in [0.3, 0.4) is 0 Å². The Hall–Kier alpha value is -2.08. The van der Waals surface area contributed by atoms with Crippen LogP contribution in [0, 0.1) is 0 Å². The van der Waals surface area contributed by atoms with E-state index >= 15 is 0 Å². The number of anilines is 1. The Morgan fingerprint density at radius 1 is 1.23 bits per heavy atom. The zero-order valence-electron chi connectivity index (χ0n) is 13.3. The highest BCUT2D eigenvalue weighted by molar-refractivity contribution is 8.26. The van der Waals surface area contributed by atoms with Crippen molar-refractivity contribution >= 4 is 67.4 Å². The van der Waals surface area contributed by atoms with Gasteiger partial charge in [0.1, 0.15) is 4.32 Å². The molecule has 1 aromatic rings. The first-order valence-electron chi connectivity index (χ1n) is 7.29. The summed E-state index contributed by atoms with van der Waals surface area (Å²) >= 11 is 5.97. The number of carbonyl (C=O) groups excluding carboxylic acids is 3. The van der Waals surface area contributed by atoms with Gasteiger partial charge in [0.05, 0.1) is 21.9 Å². The Morgan fingerprint density at radius 2 is 1.88 bits per heavy atom. The maximum atomic E-state index is 12.8. The molecule has 2 aliphatic rings. The van der Waals surface area contributed by atoms with Gasteiger partial charge < -0.3 is 0 Å². The summed E-state index contributed by atoms with van der Waals surface area (Å²) in [5.41, 5.74) is 0.869. The molecule has 0 unspecified atom stereocenters. The Kier molecular flexibility index (Phi) is 4.73. The Balaban J connectivity index is 2.06. The van der Waals surface area contributed by atoms with Crippen LogP contribution < -0.4 is 4.90 Å². The number of thiocarbonyl (C=S) groups is 1. The summed E-state index contributed by atoms with van der Waals surface area (Å²) in [4.78, 5) is 39.3. The number of hydrogen-bond acceptors (Lipinski definition) is 7. The first-order chi connectivity index (χ1) is 12.1. The van der Waals surface area contributed by atoms with Crippen molar-refractivity contribution in [2.75, 3.05) is 17.2 Å². The fourth-order valence-electron chi connectivity index (χ4n) is 2.70. The second-order valence-electron chi connectivity index (χ2n) is 5.49. The normalized spacial score (nSPS) is 20.2. The van der Waals surface area contributed by atoms with E-state index in [0.717, 1.165) is 21.6 Å². The number of fused-ring (bicyclic) bond motifs is 1. The fourth-order valence-corrected chi connectivity index (χ4v) is 4.49. The van der Waals surface area contributed by atoms with Crippen LogP contribution in [0.4, 0.5) is 5.69 Å². The van der Waals surface area contributed by atoms with Gasteiger partial charge in [0.2, 0.25) is 5.91 Å². The van der Waals surface area contributed by atoms with Gasteiger partial charge in [-0.25, -0.2) is 4.90 Å². The van der Waals surface area contributed by atoms with Crippen molar-refractivity contribution in [2.45, 2.75) is 6.92 Å². The third kappa shape index (κ3) is 3.18. The first-order valence-corrected chi connectivity index (χ1v) is 10.1. The van der Waals surface area contributed by atoms with Crippen LogP contribution in [0.25, 0.3) is 5.57 Å². The standard InChI is InChI=1S/C15H12N2O6S3/c1-8(18)17-10-5-3-2-4-9(10)11(13(17)19)12-14(20)16(15(24)25-12)6-7-26(21,22)23/h2-5H,6-7H2,1H3,(H,21,22,23). The van der Waals surface area contributed by atoms with Crippen molar-refractivity contribution in [3.05, 3.63) is 34.7 Å². The molecule has 0 aliphatic carbocycles. The molecule has 11 heteroatoms. The summed E-state index contributed by atoms with van der Waals surface area (Å²) in [6.45, 7) is 0.918. The number of carbonyl (C=O) groups is 3. The number of amides is 3. The van der Waals surface area contributed by atoms with Gasteiger partial charge in [-0.2, -0.15) is 8.42 Å². The molecule has 3 amide bonds. The molecule has 1 N–H and O–H groups in total. The van der Waals surface area contributed by atoms with Crippen molar-refractivity contribution in [1.29, 1.82) is 0 Å². The topological polar surface area (TPSA) is 112 Å². The number of benzene rings is 1. The zero-order chi connectivity index (χ0) is 19.2. The van der Waals surface area contributed by atoms with E-state index in [4.69, 9.17) is 16.8 Å². The summed E-state index contributed by atoms with van der Waals surface area (Å²) in [7, 11) is -4.27. The van der Waals surface area contributed by atoms with Crippen LogP contribution in [0.5, 0.6) is 0 Å². The monoisotopic (exact) mass is 412 g/mol. The minimum absolute atomic E-state index is 0.0338. The average Bonchev–Trinajstić information content (AvgIpc) is 2.97. The smallest absolute Gasteiger partial charge is 0.267 e. The minimum Gasteiger partial charge on any atom is -0.292 e. The van der Waals surface area contributed by atoms with E-state index in [9.17, 15) is 22.8 Å². The molecule has 1 aromatic carbocycles. The quantitative estimate of drug-likeness (QED) is 0.445. The van der Waals surface area contributed by atoms with Crippen molar-refractivity contribution in [1.82, 2.24) is 4.90 Å². The molecule has 2 aliphatic heterocycles. The second-order valence-corrected chi connectivity index (χ2v) is 8.71. The van der Waals surface area contributed by atoms with Crippen LogP contribution in [0.2, 0.25) is 0 Å². The Labute approximate surface area is 158 Å². The first kappa shape index (κ1) is 18.7. The SMILES string of the molecule is CC(=O)N1C(=O)C(=C2SC(=S)N(CCS(=O)(=O)O)C2=O)c2ccccc21. The van der Waals surface area contributed by atoms with E-state index in [0.29, 0.717) is 11.3 Å². The van der Waals surface area contributed by atoms with Gasteiger partial charge in [-0.15, -0.1) is 0 Å². The number of hydrogen-bond donors (Lipinski definition) is 1. The van der Waals surface area contributed by atoms with E-state index < -0.39 is 33.6 Å². The molecule has 1 fully saturated rings. The van der Waals surface area contributed by atoms with Crippen LogP contribution in [-0.2, 0) is 24.5 Å². The van der Waals surface area contributed by atoms with E-state index in [1.807, 2.05) is 0 Å². The molecule has 0 spiro atoms. The summed E-state index contributed by atoms with van der Waals surface area (Å²) in [6, 6.07) is 6.56. The van der Waals surface area contributed by atoms with Crippen molar-refractivity contribution < 1.29 is 27.4 Å². The van der Waals surface area contributed by atoms with Gasteiger partial charge in [0.25, 0.3) is 21.9 Å². The number of imide groups is 1. The summed E-state index contributed by atoms with van der Waals surface area (Å²) in [5, 5.41) is 0. The van der Waals surface area contributed by atoms with Crippen LogP contribution in [-0.4, -0.2) is 52.2 Å². The van der Waals surface area contributed by atoms with Crippen molar-refractivity contribution in [3.63, 3.8) is 0 Å². The molecule has 0 atom stereocenters. The highest BCUT2D eigenvalue weighted by Gasteiger charge is 2.43. The van der Waals surface area contributed by atoms with E-state index in [2.05, 4.69) is 0 Å². The van der Waals surface area contributed by atoms with Crippen LogP contribution in [0.1, 0.15) is 12.5 Å². The number of para-hydroxylation sites is 1. The van der Waals surface area contributed by atoms with Gasteiger partial charge in [0.15, 0.2) is 0 Å². The largest absolute Gasteiger partial charge is 0.292 e. The Bertz CT molecular complexity index is 998. The molecule has 136 valence electrons. The highest BCUT2D eigenvalue weighted by atomic mass is 32.2. The molecule has 0 radical (unpaired) electrons. The van der Waals surface area contributed by atoms with Gasteiger partial charge >= 0.3 is 0 Å². The summed E-state index contributed by atoms with van der Waals surface area (Å²) in [5.74, 6) is -2.42. The molecular formula is C15H12N2O6S3. The van der Waals surface area contributed by atoms with Crippen LogP contribution >= 0.6 is 24.0 Å². The molecule has 3 rings (SSSR count). The maximum Gasteiger partial charge on any atom is 0.267 e. The average molecular weight is 412 g/mol. The number of nitrogens with zero attached hydrogens (tertiary/aromatic N) is 2. The van der Waals surface area contributed by atoms with E-state index in [-0.39, 0.29) is 21.3 Å². The number of thioether (sulfide) groups is 1. The van der Waals surface area contributed by atoms with Gasteiger partial charge in [0, 0.05) is 19.0 Å². The minimum atomic E-state index is -4.27. The molecule has 0 bridgehead atoms. The summed E-state index contributed by atoms with van der Waals surface area (Å²) in [6.07, 6.45) is 0. The van der Waals surface area contributed by atoms with Crippen molar-refractivity contribution in [3.8, 4) is 0 Å². The third-order valence-corrected chi connectivity index (χ3v) is 5.94. The lowest BCUT2D eigenvalue weighted by Crippen LogP contribution is -2.34. The molecule has 0 saturated carbocycles. The van der Waals surface area contributed by atoms with Crippen molar-refractivity contribution in [2.24, 2.45) is 0 Å². The molecular weight excluding hydrogens is 400 g/mol. The second kappa shape index (κ2) is 6.58. The van der Waals surface area contributed by atoms with Gasteiger partial charge in [-0.1, -0.05) is 42.2 Å². The van der Waals surface area contributed by atoms with E-state index in [1.165, 1.54) is 6.92 Å². The third-order valence-electron chi connectivity index (χ3n) is 3.80. The van der Waals surface area contributed by atoms with E-state index in [1.54, 1.807) is 24.3 Å². The maximum absolute atomic E-state index is 12.8. The molecule has 26 heavy (non-hydrogen) atoms. The van der Waals surface area contributed by atoms with Gasteiger partial charge in [-0.05, 0) is 6.07 Å². The predicted molar refractivity (Wildman–Crippen MR) is 99.8 cm³/mol. The zero-order valence-corrected chi connectivity index (χ0v) is 15.8. The molecule has 1 saturated heterocycles. The lowest BCUT2D eigenvalue weighted by molar-refractivity contribution is -0.124. The molecule has 2 heterocycles. The lowest BCUT2D eigenvalue weighted by Gasteiger charge is -2.13. The number of rotatable bonds is 3. The summed E-state index contributed by atoms with van der Waals surface area (Å²) < 4.78 is 30.8. The molecule has 8 nitrogen and oxygen atoms in total.